The molecule has 0 radical (unpaired) electrons. The molecule has 0 saturated carbocycles. The zero-order chi connectivity index (χ0) is 21.2. The van der Waals surface area contributed by atoms with Gasteiger partial charge in [-0.3, -0.25) is 0 Å². The van der Waals surface area contributed by atoms with Crippen molar-refractivity contribution < 1.29 is 9.21 Å². The minimum atomic E-state index is 0.0261. The Morgan fingerprint density at radius 1 is 0.935 bits per heavy atom. The van der Waals surface area contributed by atoms with E-state index in [9.17, 15) is 4.79 Å². The zero-order valence-electron chi connectivity index (χ0n) is 17.6. The molecular formula is C28H25NO2. The highest BCUT2D eigenvalue weighted by Gasteiger charge is 2.23. The lowest BCUT2D eigenvalue weighted by Gasteiger charge is -2.13. The van der Waals surface area contributed by atoms with Crippen molar-refractivity contribution in [3.8, 4) is 0 Å². The molecule has 0 amide bonds. The van der Waals surface area contributed by atoms with Crippen LogP contribution < -0.4 is 0 Å². The fraction of sp³-hybridized carbons (Fsp3) is 0.179. The van der Waals surface area contributed by atoms with Gasteiger partial charge in [0.15, 0.2) is 0 Å². The van der Waals surface area contributed by atoms with Crippen molar-refractivity contribution in [3.63, 3.8) is 0 Å². The lowest BCUT2D eigenvalue weighted by atomic mass is 9.90. The van der Waals surface area contributed by atoms with E-state index >= 15 is 0 Å². The minimum absolute atomic E-state index is 0.0261. The van der Waals surface area contributed by atoms with Crippen LogP contribution in [0.25, 0.3) is 21.9 Å². The number of Topliss-reactive ketones (excluding diaryl/α,β-unsaturated/α-hetero) is 1. The molecule has 0 spiro atoms. The van der Waals surface area contributed by atoms with Gasteiger partial charge in [-0.15, -0.1) is 0 Å². The molecule has 5 rings (SSSR count). The average molecular weight is 408 g/mol. The third-order valence-corrected chi connectivity index (χ3v) is 5.96. The van der Waals surface area contributed by atoms with Crippen molar-refractivity contribution in [3.05, 3.63) is 108 Å². The third kappa shape index (κ3) is 3.91. The van der Waals surface area contributed by atoms with Gasteiger partial charge in [0.2, 0.25) is 0 Å². The summed E-state index contributed by atoms with van der Waals surface area (Å²) >= 11 is 0. The van der Waals surface area contributed by atoms with Crippen LogP contribution in [0.4, 0.5) is 0 Å². The first-order chi connectivity index (χ1) is 15.2. The van der Waals surface area contributed by atoms with E-state index in [4.69, 9.17) is 4.42 Å². The highest BCUT2D eigenvalue weighted by atomic mass is 16.3. The lowest BCUT2D eigenvalue weighted by molar-refractivity contribution is -0.117. The number of fused-ring (bicyclic) bond motifs is 2. The largest absolute Gasteiger partial charge is 0.460 e. The van der Waals surface area contributed by atoms with Crippen LogP contribution in [-0.4, -0.2) is 10.4 Å². The van der Waals surface area contributed by atoms with Crippen LogP contribution in [0.2, 0.25) is 0 Å². The van der Waals surface area contributed by atoms with E-state index < -0.39 is 0 Å². The number of furan rings is 1. The standard InChI is InChI=1S/C28H25NO2/c1-20(30)15-16-24(28-17-22-11-5-8-14-27(22)31-28)25-19-29(18-21-9-3-2-4-10-21)26-13-7-6-12-23(25)26/h2-14,17,19,24H,15-16,18H2,1H3. The van der Waals surface area contributed by atoms with Crippen molar-refractivity contribution in [1.82, 2.24) is 4.57 Å². The molecule has 5 aromatic rings. The van der Waals surface area contributed by atoms with Gasteiger partial charge in [-0.2, -0.15) is 0 Å². The number of carbonyl (C=O) groups is 1. The first-order valence-corrected chi connectivity index (χ1v) is 10.8. The molecule has 1 unspecified atom stereocenters. The van der Waals surface area contributed by atoms with Gasteiger partial charge in [-0.1, -0.05) is 66.7 Å². The molecule has 3 aromatic carbocycles. The molecule has 0 aliphatic carbocycles. The molecule has 0 fully saturated rings. The van der Waals surface area contributed by atoms with Gasteiger partial charge in [0.05, 0.1) is 0 Å². The molecule has 31 heavy (non-hydrogen) atoms. The topological polar surface area (TPSA) is 35.1 Å². The van der Waals surface area contributed by atoms with Gasteiger partial charge in [-0.25, -0.2) is 0 Å². The van der Waals surface area contributed by atoms with Gasteiger partial charge in [-0.05, 0) is 42.7 Å². The summed E-state index contributed by atoms with van der Waals surface area (Å²) in [5, 5.41) is 2.31. The molecule has 0 N–H and O–H groups in total. The van der Waals surface area contributed by atoms with Crippen LogP contribution in [0, 0.1) is 0 Å². The number of ketones is 1. The summed E-state index contributed by atoms with van der Waals surface area (Å²) < 4.78 is 8.58. The minimum Gasteiger partial charge on any atom is -0.460 e. The fourth-order valence-corrected chi connectivity index (χ4v) is 4.44. The second kappa shape index (κ2) is 8.27. The number of para-hydroxylation sites is 2. The summed E-state index contributed by atoms with van der Waals surface area (Å²) in [5.41, 5.74) is 4.56. The van der Waals surface area contributed by atoms with E-state index in [0.29, 0.717) is 6.42 Å². The van der Waals surface area contributed by atoms with Crippen molar-refractivity contribution >= 4 is 27.7 Å². The second-order valence-corrected chi connectivity index (χ2v) is 8.19. The molecule has 0 bridgehead atoms. The third-order valence-electron chi connectivity index (χ3n) is 5.96. The Bertz CT molecular complexity index is 1310. The summed E-state index contributed by atoms with van der Waals surface area (Å²) in [4.78, 5) is 11.9. The van der Waals surface area contributed by atoms with Crippen molar-refractivity contribution in [2.24, 2.45) is 0 Å². The Hall–Kier alpha value is -3.59. The van der Waals surface area contributed by atoms with E-state index in [1.807, 2.05) is 24.3 Å². The molecular weight excluding hydrogens is 382 g/mol. The molecule has 3 nitrogen and oxygen atoms in total. The molecule has 1 atom stereocenters. The Balaban J connectivity index is 1.63. The molecule has 154 valence electrons. The maximum absolute atomic E-state index is 11.9. The van der Waals surface area contributed by atoms with Gasteiger partial charge in [0.1, 0.15) is 17.1 Å². The number of carbonyl (C=O) groups excluding carboxylic acids is 1. The first-order valence-electron chi connectivity index (χ1n) is 10.8. The van der Waals surface area contributed by atoms with E-state index in [0.717, 1.165) is 29.7 Å². The molecule has 2 aromatic heterocycles. The van der Waals surface area contributed by atoms with E-state index in [2.05, 4.69) is 71.4 Å². The summed E-state index contributed by atoms with van der Waals surface area (Å²) in [5.74, 6) is 1.15. The van der Waals surface area contributed by atoms with E-state index in [1.165, 1.54) is 22.0 Å². The Morgan fingerprint density at radius 2 is 1.68 bits per heavy atom. The molecule has 3 heteroatoms. The predicted molar refractivity (Wildman–Crippen MR) is 125 cm³/mol. The number of nitrogens with zero attached hydrogens (tertiary/aromatic N) is 1. The van der Waals surface area contributed by atoms with Gasteiger partial charge >= 0.3 is 0 Å². The van der Waals surface area contributed by atoms with Gasteiger partial charge < -0.3 is 13.8 Å². The first kappa shape index (κ1) is 19.4. The van der Waals surface area contributed by atoms with Crippen LogP contribution in [0.3, 0.4) is 0 Å². The van der Waals surface area contributed by atoms with Crippen LogP contribution in [0.1, 0.15) is 42.6 Å². The van der Waals surface area contributed by atoms with Crippen molar-refractivity contribution in [2.45, 2.75) is 32.2 Å². The highest BCUT2D eigenvalue weighted by molar-refractivity contribution is 5.86. The quantitative estimate of drug-likeness (QED) is 0.293. The normalized spacial score (nSPS) is 12.4. The fourth-order valence-electron chi connectivity index (χ4n) is 4.44. The average Bonchev–Trinajstić information content (AvgIpc) is 3.37. The summed E-state index contributed by atoms with van der Waals surface area (Å²) in [6.07, 6.45) is 3.50. The van der Waals surface area contributed by atoms with Crippen molar-refractivity contribution in [1.29, 1.82) is 0 Å². The Kier molecular flexibility index (Phi) is 5.17. The van der Waals surface area contributed by atoms with E-state index in [1.54, 1.807) is 6.92 Å². The number of hydrogen-bond acceptors (Lipinski definition) is 2. The summed E-state index contributed by atoms with van der Waals surface area (Å²) in [6, 6.07) is 29.2. The number of benzene rings is 3. The molecule has 0 saturated heterocycles. The highest BCUT2D eigenvalue weighted by Crippen LogP contribution is 2.38. The number of rotatable bonds is 7. The Labute approximate surface area is 181 Å². The van der Waals surface area contributed by atoms with Gasteiger partial charge in [0, 0.05) is 41.4 Å². The summed E-state index contributed by atoms with van der Waals surface area (Å²) in [6.45, 7) is 2.47. The van der Waals surface area contributed by atoms with Crippen LogP contribution in [0.15, 0.2) is 95.5 Å². The molecule has 2 heterocycles. The predicted octanol–water partition coefficient (Wildman–Crippen LogP) is 6.94. The van der Waals surface area contributed by atoms with Crippen LogP contribution in [0.5, 0.6) is 0 Å². The maximum atomic E-state index is 11.9. The molecule has 0 aliphatic heterocycles. The molecule has 0 aliphatic rings. The van der Waals surface area contributed by atoms with E-state index in [-0.39, 0.29) is 11.7 Å². The smallest absolute Gasteiger partial charge is 0.134 e. The van der Waals surface area contributed by atoms with Crippen molar-refractivity contribution in [2.75, 3.05) is 0 Å². The van der Waals surface area contributed by atoms with Gasteiger partial charge in [0.25, 0.3) is 0 Å². The zero-order valence-corrected chi connectivity index (χ0v) is 17.6. The number of hydrogen-bond donors (Lipinski definition) is 0. The maximum Gasteiger partial charge on any atom is 0.134 e. The monoisotopic (exact) mass is 407 g/mol. The van der Waals surface area contributed by atoms with Crippen LogP contribution >= 0.6 is 0 Å². The summed E-state index contributed by atoms with van der Waals surface area (Å²) in [7, 11) is 0. The SMILES string of the molecule is CC(=O)CCC(c1cc2ccccc2o1)c1cn(Cc2ccccc2)c2ccccc12. The Morgan fingerprint density at radius 3 is 2.48 bits per heavy atom. The lowest BCUT2D eigenvalue weighted by Crippen LogP contribution is -2.03. The van der Waals surface area contributed by atoms with Crippen LogP contribution in [-0.2, 0) is 11.3 Å². The number of aromatic nitrogens is 1. The second-order valence-electron chi connectivity index (χ2n) is 8.19.